The molecule has 0 fully saturated rings. The van der Waals surface area contributed by atoms with Crippen molar-refractivity contribution in [1.82, 2.24) is 5.32 Å². The highest BCUT2D eigenvalue weighted by atomic mass is 35.5. The number of benzene rings is 1. The molecule has 1 aromatic rings. The van der Waals surface area contributed by atoms with Crippen LogP contribution in [0.4, 0.5) is 0 Å². The number of carbonyl (C=O) groups is 2. The quantitative estimate of drug-likeness (QED) is 0.806. The van der Waals surface area contributed by atoms with Crippen LogP contribution in [-0.2, 0) is 9.59 Å². The summed E-state index contributed by atoms with van der Waals surface area (Å²) < 4.78 is 0. The molecule has 4 heteroatoms. The summed E-state index contributed by atoms with van der Waals surface area (Å²) in [5.74, 6) is -0.199. The predicted molar refractivity (Wildman–Crippen MR) is 72.3 cm³/mol. The average molecular weight is 268 g/mol. The topological polar surface area (TPSA) is 46.2 Å². The van der Waals surface area contributed by atoms with Gasteiger partial charge in [-0.15, -0.1) is 0 Å². The molecule has 0 spiro atoms. The van der Waals surface area contributed by atoms with E-state index in [9.17, 15) is 9.59 Å². The predicted octanol–water partition coefficient (Wildman–Crippen LogP) is 3.05. The van der Waals surface area contributed by atoms with E-state index in [1.54, 1.807) is 12.1 Å². The lowest BCUT2D eigenvalue weighted by atomic mass is 10.0. The van der Waals surface area contributed by atoms with Gasteiger partial charge in [0.05, 0.1) is 0 Å². The molecule has 0 aliphatic carbocycles. The van der Waals surface area contributed by atoms with E-state index in [2.05, 4.69) is 5.32 Å². The minimum atomic E-state index is -0.763. The van der Waals surface area contributed by atoms with Crippen LogP contribution in [0.1, 0.15) is 38.3 Å². The Balaban J connectivity index is 2.82. The van der Waals surface area contributed by atoms with E-state index in [4.69, 9.17) is 11.6 Å². The van der Waals surface area contributed by atoms with Crippen molar-refractivity contribution in [3.05, 3.63) is 35.9 Å². The first-order valence-electron chi connectivity index (χ1n) is 6.14. The van der Waals surface area contributed by atoms with Crippen LogP contribution in [0.15, 0.2) is 30.3 Å². The molecule has 1 aromatic carbocycles. The smallest absolute Gasteiger partial charge is 0.248 e. The van der Waals surface area contributed by atoms with Crippen molar-refractivity contribution in [2.24, 2.45) is 5.92 Å². The molecule has 0 bridgehead atoms. The summed E-state index contributed by atoms with van der Waals surface area (Å²) in [5.41, 5.74) is 0.705. The monoisotopic (exact) mass is 267 g/mol. The molecule has 1 atom stereocenters. The second kappa shape index (κ2) is 7.17. The van der Waals surface area contributed by atoms with Gasteiger partial charge in [0.2, 0.25) is 11.1 Å². The fourth-order valence-electron chi connectivity index (χ4n) is 1.84. The zero-order chi connectivity index (χ0) is 13.5. The number of hydrogen-bond donors (Lipinski definition) is 1. The molecule has 1 rings (SSSR count). The zero-order valence-corrected chi connectivity index (χ0v) is 11.4. The van der Waals surface area contributed by atoms with Gasteiger partial charge in [-0.3, -0.25) is 9.59 Å². The Bertz CT molecular complexity index is 402. The molecule has 98 valence electrons. The van der Waals surface area contributed by atoms with E-state index in [1.807, 2.05) is 32.0 Å². The van der Waals surface area contributed by atoms with Gasteiger partial charge in [-0.05, 0) is 30.0 Å². The number of rotatable bonds is 6. The summed E-state index contributed by atoms with van der Waals surface area (Å²) in [6.07, 6.45) is 1.50. The van der Waals surface area contributed by atoms with E-state index < -0.39 is 11.3 Å². The highest BCUT2D eigenvalue weighted by molar-refractivity contribution is 6.64. The Hall–Kier alpha value is -1.35. The lowest BCUT2D eigenvalue weighted by Gasteiger charge is -2.19. The van der Waals surface area contributed by atoms with E-state index in [-0.39, 0.29) is 11.8 Å². The van der Waals surface area contributed by atoms with Gasteiger partial charge in [-0.25, -0.2) is 0 Å². The van der Waals surface area contributed by atoms with Crippen molar-refractivity contribution in [3.63, 3.8) is 0 Å². The molecule has 0 heterocycles. The van der Waals surface area contributed by atoms with Crippen LogP contribution in [0.25, 0.3) is 0 Å². The molecule has 18 heavy (non-hydrogen) atoms. The summed E-state index contributed by atoms with van der Waals surface area (Å²) in [7, 11) is 0. The largest absolute Gasteiger partial charge is 0.341 e. The van der Waals surface area contributed by atoms with Crippen molar-refractivity contribution >= 4 is 22.8 Å². The second-order valence-electron chi connectivity index (χ2n) is 4.17. The summed E-state index contributed by atoms with van der Waals surface area (Å²) in [4.78, 5) is 23.4. The molecule has 0 aromatic heterocycles. The Morgan fingerprint density at radius 3 is 2.17 bits per heavy atom. The van der Waals surface area contributed by atoms with Gasteiger partial charge in [-0.2, -0.15) is 0 Å². The van der Waals surface area contributed by atoms with Crippen molar-refractivity contribution in [1.29, 1.82) is 0 Å². The fourth-order valence-corrected chi connectivity index (χ4v) is 2.02. The second-order valence-corrected chi connectivity index (χ2v) is 4.54. The minimum Gasteiger partial charge on any atom is -0.341 e. The third kappa shape index (κ3) is 3.84. The van der Waals surface area contributed by atoms with E-state index in [0.717, 1.165) is 12.8 Å². The molecule has 1 N–H and O–H groups in total. The summed E-state index contributed by atoms with van der Waals surface area (Å²) >= 11 is 5.56. The summed E-state index contributed by atoms with van der Waals surface area (Å²) in [6, 6.07) is 8.26. The maximum Gasteiger partial charge on any atom is 0.248 e. The summed E-state index contributed by atoms with van der Waals surface area (Å²) in [5, 5.41) is 2.15. The van der Waals surface area contributed by atoms with Crippen molar-refractivity contribution in [2.45, 2.75) is 32.7 Å². The van der Waals surface area contributed by atoms with Crippen LogP contribution in [0, 0.1) is 5.92 Å². The summed E-state index contributed by atoms with van der Waals surface area (Å²) in [6.45, 7) is 3.90. The first-order valence-corrected chi connectivity index (χ1v) is 6.52. The van der Waals surface area contributed by atoms with Crippen LogP contribution in [0.2, 0.25) is 0 Å². The molecule has 1 amide bonds. The van der Waals surface area contributed by atoms with Gasteiger partial charge in [0.25, 0.3) is 0 Å². The van der Waals surface area contributed by atoms with Crippen LogP contribution in [-0.4, -0.2) is 11.1 Å². The van der Waals surface area contributed by atoms with Crippen molar-refractivity contribution < 1.29 is 9.59 Å². The highest BCUT2D eigenvalue weighted by Gasteiger charge is 2.23. The van der Waals surface area contributed by atoms with E-state index in [0.29, 0.717) is 5.56 Å². The van der Waals surface area contributed by atoms with E-state index >= 15 is 0 Å². The third-order valence-electron chi connectivity index (χ3n) is 3.00. The first kappa shape index (κ1) is 14.7. The average Bonchev–Trinajstić information content (AvgIpc) is 2.38. The zero-order valence-electron chi connectivity index (χ0n) is 10.7. The Kier molecular flexibility index (Phi) is 5.86. The van der Waals surface area contributed by atoms with Crippen molar-refractivity contribution in [3.8, 4) is 0 Å². The van der Waals surface area contributed by atoms with Gasteiger partial charge < -0.3 is 5.32 Å². The molecule has 0 saturated heterocycles. The first-order chi connectivity index (χ1) is 8.60. The normalized spacial score (nSPS) is 12.2. The molecular formula is C14H18ClNO2. The van der Waals surface area contributed by atoms with Crippen LogP contribution in [0.5, 0.6) is 0 Å². The molecule has 0 radical (unpaired) electrons. The number of amides is 1. The van der Waals surface area contributed by atoms with Crippen molar-refractivity contribution in [2.75, 3.05) is 0 Å². The molecule has 1 unspecified atom stereocenters. The number of nitrogens with one attached hydrogen (secondary N) is 1. The van der Waals surface area contributed by atoms with Crippen LogP contribution < -0.4 is 5.32 Å². The highest BCUT2D eigenvalue weighted by Crippen LogP contribution is 2.17. The maximum atomic E-state index is 12.0. The fraction of sp³-hybridized carbons (Fsp3) is 0.429. The van der Waals surface area contributed by atoms with Crippen LogP contribution in [0.3, 0.4) is 0 Å². The molecule has 0 aliphatic heterocycles. The molecule has 0 saturated carbocycles. The van der Waals surface area contributed by atoms with Gasteiger partial charge >= 0.3 is 0 Å². The Morgan fingerprint density at radius 1 is 1.17 bits per heavy atom. The van der Waals surface area contributed by atoms with Gasteiger partial charge in [0.15, 0.2) is 0 Å². The number of hydrogen-bond acceptors (Lipinski definition) is 2. The minimum absolute atomic E-state index is 0.0766. The van der Waals surface area contributed by atoms with Crippen LogP contribution >= 0.6 is 11.6 Å². The Labute approximate surface area is 113 Å². The molecular weight excluding hydrogens is 250 g/mol. The molecule has 3 nitrogen and oxygen atoms in total. The molecule has 0 aliphatic rings. The SMILES string of the molecule is CCC(CC)C(=O)NC(C(=O)Cl)c1ccccc1. The lowest BCUT2D eigenvalue weighted by molar-refractivity contribution is -0.128. The third-order valence-corrected chi connectivity index (χ3v) is 3.22. The van der Waals surface area contributed by atoms with Gasteiger partial charge in [-0.1, -0.05) is 44.2 Å². The number of halogens is 1. The Morgan fingerprint density at radius 2 is 1.72 bits per heavy atom. The number of carbonyl (C=O) groups excluding carboxylic acids is 2. The van der Waals surface area contributed by atoms with E-state index in [1.165, 1.54) is 0 Å². The lowest BCUT2D eigenvalue weighted by Crippen LogP contribution is -2.36. The standard InChI is InChI=1S/C14H18ClNO2/c1-3-10(4-2)14(18)16-12(13(15)17)11-8-6-5-7-9-11/h5-10,12H,3-4H2,1-2H3,(H,16,18). The van der Waals surface area contributed by atoms with Gasteiger partial charge in [0, 0.05) is 5.92 Å². The maximum absolute atomic E-state index is 12.0. The van der Waals surface area contributed by atoms with Gasteiger partial charge in [0.1, 0.15) is 6.04 Å².